The predicted octanol–water partition coefficient (Wildman–Crippen LogP) is 4.01. The lowest BCUT2D eigenvalue weighted by molar-refractivity contribution is 0.0710. The van der Waals surface area contributed by atoms with E-state index in [1.54, 1.807) is 4.90 Å². The molecule has 4 nitrogen and oxygen atoms in total. The summed E-state index contributed by atoms with van der Waals surface area (Å²) >= 11 is 6.00. The van der Waals surface area contributed by atoms with Crippen LogP contribution in [0.25, 0.3) is 0 Å². The fourth-order valence-electron chi connectivity index (χ4n) is 2.80. The van der Waals surface area contributed by atoms with Crippen LogP contribution in [0.4, 0.5) is 4.39 Å². The maximum Gasteiger partial charge on any atom is 0.258 e. The molecule has 1 aromatic heterocycles. The topological polar surface area (TPSA) is 46.3 Å². The number of hydrogen-bond donors (Lipinski definition) is 0. The molecule has 0 bridgehead atoms. The third kappa shape index (κ3) is 2.61. The molecular weight excluding hydrogens is 307 g/mol. The number of aryl methyl sites for hydroxylation is 1. The van der Waals surface area contributed by atoms with E-state index in [2.05, 4.69) is 5.16 Å². The highest BCUT2D eigenvalue weighted by atomic mass is 35.5. The maximum atomic E-state index is 14.0. The minimum absolute atomic E-state index is 0.0775. The van der Waals surface area contributed by atoms with Crippen molar-refractivity contribution in [1.82, 2.24) is 10.1 Å². The van der Waals surface area contributed by atoms with Crippen molar-refractivity contribution in [3.05, 3.63) is 52.1 Å². The fourth-order valence-corrected chi connectivity index (χ4v) is 3.05. The first kappa shape index (κ1) is 15.0. The molecule has 0 N–H and O–H groups in total. The van der Waals surface area contributed by atoms with Gasteiger partial charge in [0.2, 0.25) is 0 Å². The Kier molecular flexibility index (Phi) is 4.16. The van der Waals surface area contributed by atoms with Crippen molar-refractivity contribution in [2.24, 2.45) is 0 Å². The van der Waals surface area contributed by atoms with Crippen molar-refractivity contribution in [2.45, 2.75) is 32.2 Å². The molecule has 116 valence electrons. The zero-order chi connectivity index (χ0) is 15.7. The minimum Gasteiger partial charge on any atom is -0.359 e. The summed E-state index contributed by atoms with van der Waals surface area (Å²) < 4.78 is 19.3. The lowest BCUT2D eigenvalue weighted by atomic mass is 10.1. The second-order valence-electron chi connectivity index (χ2n) is 5.33. The molecule has 0 unspecified atom stereocenters. The fraction of sp³-hybridized carbons (Fsp3) is 0.375. The van der Waals surface area contributed by atoms with Crippen LogP contribution < -0.4 is 0 Å². The van der Waals surface area contributed by atoms with Gasteiger partial charge in [0.15, 0.2) is 5.76 Å². The molecule has 2 aromatic rings. The van der Waals surface area contributed by atoms with Gasteiger partial charge in [-0.2, -0.15) is 0 Å². The van der Waals surface area contributed by atoms with E-state index in [4.69, 9.17) is 16.1 Å². The number of carbonyl (C=O) groups excluding carboxylic acids is 1. The molecule has 0 radical (unpaired) electrons. The smallest absolute Gasteiger partial charge is 0.258 e. The molecule has 6 heteroatoms. The molecule has 2 heterocycles. The molecule has 1 aliphatic rings. The van der Waals surface area contributed by atoms with Gasteiger partial charge in [0.05, 0.1) is 22.3 Å². The molecule has 1 aliphatic heterocycles. The summed E-state index contributed by atoms with van der Waals surface area (Å²) in [7, 11) is 0. The number of aromatic nitrogens is 1. The van der Waals surface area contributed by atoms with E-state index in [0.717, 1.165) is 25.0 Å². The van der Waals surface area contributed by atoms with Crippen molar-refractivity contribution in [2.75, 3.05) is 6.54 Å². The standard InChI is InChI=1S/C16H16ClFN2O2/c1-2-10-9-14(22-19-10)13-7-4-8-20(13)16(21)15-11(17)5-3-6-12(15)18/h3,5-6,9,13H,2,4,7-8H2,1H3/t13-/m0/s1. The van der Waals surface area contributed by atoms with Crippen LogP contribution in [0.1, 0.15) is 47.6 Å². The van der Waals surface area contributed by atoms with Crippen LogP contribution >= 0.6 is 11.6 Å². The third-order valence-corrected chi connectivity index (χ3v) is 4.27. The van der Waals surface area contributed by atoms with Crippen LogP contribution in [0, 0.1) is 5.82 Å². The van der Waals surface area contributed by atoms with E-state index < -0.39 is 11.7 Å². The Morgan fingerprint density at radius 1 is 1.55 bits per heavy atom. The van der Waals surface area contributed by atoms with Crippen LogP contribution in [0.2, 0.25) is 5.02 Å². The summed E-state index contributed by atoms with van der Waals surface area (Å²) in [4.78, 5) is 14.3. The van der Waals surface area contributed by atoms with Crippen LogP contribution in [0.15, 0.2) is 28.8 Å². The van der Waals surface area contributed by atoms with Gasteiger partial charge in [0.25, 0.3) is 5.91 Å². The molecule has 0 saturated carbocycles. The normalized spacial score (nSPS) is 18.0. The summed E-state index contributed by atoms with van der Waals surface area (Å²) in [6, 6.07) is 5.90. The average Bonchev–Trinajstić information content (AvgIpc) is 3.15. The number of benzene rings is 1. The summed E-state index contributed by atoms with van der Waals surface area (Å²) in [5.41, 5.74) is 0.768. The van der Waals surface area contributed by atoms with Crippen molar-refractivity contribution < 1.29 is 13.7 Å². The molecule has 1 amide bonds. The lowest BCUT2D eigenvalue weighted by Gasteiger charge is -2.23. The van der Waals surface area contributed by atoms with Crippen LogP contribution in [-0.4, -0.2) is 22.5 Å². The molecule has 1 fully saturated rings. The van der Waals surface area contributed by atoms with Gasteiger partial charge in [-0.1, -0.05) is 29.7 Å². The van der Waals surface area contributed by atoms with Gasteiger partial charge in [-0.05, 0) is 31.4 Å². The molecule has 1 saturated heterocycles. The van der Waals surface area contributed by atoms with E-state index in [1.807, 2.05) is 13.0 Å². The SMILES string of the molecule is CCc1cc([C@@H]2CCCN2C(=O)c2c(F)cccc2Cl)on1. The van der Waals surface area contributed by atoms with Crippen molar-refractivity contribution in [3.8, 4) is 0 Å². The Labute approximate surface area is 132 Å². The second kappa shape index (κ2) is 6.08. The number of halogens is 2. The second-order valence-corrected chi connectivity index (χ2v) is 5.73. The van der Waals surface area contributed by atoms with E-state index in [1.165, 1.54) is 18.2 Å². The van der Waals surface area contributed by atoms with Gasteiger partial charge in [0, 0.05) is 12.6 Å². The monoisotopic (exact) mass is 322 g/mol. The Morgan fingerprint density at radius 2 is 2.36 bits per heavy atom. The molecule has 1 atom stereocenters. The van der Waals surface area contributed by atoms with Gasteiger partial charge in [-0.15, -0.1) is 0 Å². The van der Waals surface area contributed by atoms with E-state index in [-0.39, 0.29) is 16.6 Å². The number of carbonyl (C=O) groups is 1. The lowest BCUT2D eigenvalue weighted by Crippen LogP contribution is -2.31. The molecule has 22 heavy (non-hydrogen) atoms. The Morgan fingerprint density at radius 3 is 3.05 bits per heavy atom. The van der Waals surface area contributed by atoms with Gasteiger partial charge in [-0.3, -0.25) is 4.79 Å². The first-order valence-electron chi connectivity index (χ1n) is 7.32. The number of hydrogen-bond acceptors (Lipinski definition) is 3. The van der Waals surface area contributed by atoms with Crippen molar-refractivity contribution in [1.29, 1.82) is 0 Å². The largest absolute Gasteiger partial charge is 0.359 e. The van der Waals surface area contributed by atoms with Crippen molar-refractivity contribution in [3.63, 3.8) is 0 Å². The summed E-state index contributed by atoms with van der Waals surface area (Å²) in [6.07, 6.45) is 2.38. The van der Waals surface area contributed by atoms with Gasteiger partial charge in [0.1, 0.15) is 5.82 Å². The molecule has 3 rings (SSSR count). The highest BCUT2D eigenvalue weighted by molar-refractivity contribution is 6.33. The van der Waals surface area contributed by atoms with E-state index >= 15 is 0 Å². The number of amides is 1. The summed E-state index contributed by atoms with van der Waals surface area (Å²) in [5.74, 6) is -0.356. The van der Waals surface area contributed by atoms with Crippen molar-refractivity contribution >= 4 is 17.5 Å². The minimum atomic E-state index is -0.602. The van der Waals surface area contributed by atoms with Gasteiger partial charge < -0.3 is 9.42 Å². The predicted molar refractivity (Wildman–Crippen MR) is 80.3 cm³/mol. The number of rotatable bonds is 3. The average molecular weight is 323 g/mol. The Balaban J connectivity index is 1.91. The molecule has 0 spiro atoms. The maximum absolute atomic E-state index is 14.0. The zero-order valence-electron chi connectivity index (χ0n) is 12.2. The van der Waals surface area contributed by atoms with Crippen LogP contribution in [0.5, 0.6) is 0 Å². The summed E-state index contributed by atoms with van der Waals surface area (Å²) in [5, 5.41) is 4.10. The highest BCUT2D eigenvalue weighted by Gasteiger charge is 2.35. The first-order chi connectivity index (χ1) is 10.6. The van der Waals surface area contributed by atoms with E-state index in [9.17, 15) is 9.18 Å². The molecular formula is C16H16ClFN2O2. The van der Waals surface area contributed by atoms with E-state index in [0.29, 0.717) is 12.3 Å². The highest BCUT2D eigenvalue weighted by Crippen LogP contribution is 2.35. The Hall–Kier alpha value is -1.88. The van der Waals surface area contributed by atoms with Crippen LogP contribution in [0.3, 0.4) is 0 Å². The van der Waals surface area contributed by atoms with Crippen LogP contribution in [-0.2, 0) is 6.42 Å². The molecule has 1 aromatic carbocycles. The zero-order valence-corrected chi connectivity index (χ0v) is 12.9. The quantitative estimate of drug-likeness (QED) is 0.857. The van der Waals surface area contributed by atoms with Gasteiger partial charge >= 0.3 is 0 Å². The Bertz CT molecular complexity index is 681. The molecule has 0 aliphatic carbocycles. The third-order valence-electron chi connectivity index (χ3n) is 3.96. The number of likely N-dealkylation sites (tertiary alicyclic amines) is 1. The summed E-state index contributed by atoms with van der Waals surface area (Å²) in [6.45, 7) is 2.54. The van der Waals surface area contributed by atoms with Gasteiger partial charge in [-0.25, -0.2) is 4.39 Å². The first-order valence-corrected chi connectivity index (χ1v) is 7.70. The number of nitrogens with zero attached hydrogens (tertiary/aromatic N) is 2.